The number of aryl methyl sites for hydroxylation is 1. The largest absolute Gasteiger partial charge is 0.439 e. The van der Waals surface area contributed by atoms with Gasteiger partial charge in [-0.1, -0.05) is 18.2 Å². The zero-order chi connectivity index (χ0) is 12.3. The molecule has 0 spiro atoms. The van der Waals surface area contributed by atoms with Crippen LogP contribution >= 0.6 is 0 Å². The molecule has 0 aliphatic heterocycles. The van der Waals surface area contributed by atoms with Gasteiger partial charge >= 0.3 is 0 Å². The van der Waals surface area contributed by atoms with Crippen molar-refractivity contribution in [2.45, 2.75) is 19.9 Å². The predicted molar refractivity (Wildman–Crippen MR) is 68.1 cm³/mol. The molecule has 0 saturated heterocycles. The van der Waals surface area contributed by atoms with Gasteiger partial charge in [-0.2, -0.15) is 0 Å². The van der Waals surface area contributed by atoms with Gasteiger partial charge in [0.05, 0.1) is 0 Å². The molecule has 3 nitrogen and oxygen atoms in total. The Hall–Kier alpha value is -1.87. The van der Waals surface area contributed by atoms with Crippen molar-refractivity contribution in [1.29, 1.82) is 0 Å². The van der Waals surface area contributed by atoms with Gasteiger partial charge in [-0.3, -0.25) is 0 Å². The van der Waals surface area contributed by atoms with Crippen LogP contribution in [0.4, 0.5) is 0 Å². The fraction of sp³-hybridized carbons (Fsp3) is 0.214. The van der Waals surface area contributed by atoms with E-state index >= 15 is 0 Å². The predicted octanol–water partition coefficient (Wildman–Crippen LogP) is 3.20. The Kier molecular flexibility index (Phi) is 3.40. The van der Waals surface area contributed by atoms with Crippen LogP contribution in [0.25, 0.3) is 0 Å². The maximum Gasteiger partial charge on any atom is 0.222 e. The lowest BCUT2D eigenvalue weighted by molar-refractivity contribution is 0.458. The van der Waals surface area contributed by atoms with Crippen LogP contribution in [0.2, 0.25) is 0 Å². The zero-order valence-corrected chi connectivity index (χ0v) is 10.1. The molecule has 0 saturated carbocycles. The highest BCUT2D eigenvalue weighted by Gasteiger charge is 2.06. The number of hydrogen-bond acceptors (Lipinski definition) is 3. The summed E-state index contributed by atoms with van der Waals surface area (Å²) in [6.07, 6.45) is 1.76. The molecular formula is C14H16N2O. The molecule has 2 N–H and O–H groups in total. The molecule has 1 aromatic heterocycles. The minimum Gasteiger partial charge on any atom is -0.439 e. The number of nitrogens with two attached hydrogens (primary N) is 1. The third-order valence-corrected chi connectivity index (χ3v) is 2.53. The molecule has 2 rings (SSSR count). The normalized spacial score (nSPS) is 12.2. The lowest BCUT2D eigenvalue weighted by atomic mass is 10.1. The van der Waals surface area contributed by atoms with Gasteiger partial charge in [0.15, 0.2) is 0 Å². The van der Waals surface area contributed by atoms with Crippen LogP contribution in [0, 0.1) is 6.92 Å². The minimum atomic E-state index is -0.00743. The highest BCUT2D eigenvalue weighted by Crippen LogP contribution is 2.24. The van der Waals surface area contributed by atoms with E-state index in [0.717, 1.165) is 16.9 Å². The molecule has 88 valence electrons. The molecule has 0 radical (unpaired) electrons. The summed E-state index contributed by atoms with van der Waals surface area (Å²) in [7, 11) is 0. The minimum absolute atomic E-state index is 0.00743. The molecule has 0 bridgehead atoms. The number of pyridine rings is 1. The Bertz CT molecular complexity index is 495. The van der Waals surface area contributed by atoms with E-state index in [9.17, 15) is 0 Å². The summed E-state index contributed by atoms with van der Waals surface area (Å²) in [5.74, 6) is 1.41. The second-order valence-corrected chi connectivity index (χ2v) is 4.09. The van der Waals surface area contributed by atoms with Crippen LogP contribution in [-0.2, 0) is 0 Å². The van der Waals surface area contributed by atoms with E-state index in [0.29, 0.717) is 5.88 Å². The van der Waals surface area contributed by atoms with Crippen molar-refractivity contribution >= 4 is 0 Å². The molecule has 3 heteroatoms. The van der Waals surface area contributed by atoms with Crippen molar-refractivity contribution in [3.8, 4) is 11.6 Å². The molecule has 0 fully saturated rings. The van der Waals surface area contributed by atoms with Crippen LogP contribution in [0.15, 0.2) is 42.6 Å². The Morgan fingerprint density at radius 3 is 2.53 bits per heavy atom. The molecule has 2 aromatic rings. The number of benzene rings is 1. The standard InChI is InChI=1S/C14H16N2O/c1-10-8-12(11(2)15)9-16-14(10)17-13-6-4-3-5-7-13/h3-9,11H,15H2,1-2H3/t11-/m1/s1. The summed E-state index contributed by atoms with van der Waals surface area (Å²) < 4.78 is 5.69. The van der Waals surface area contributed by atoms with Crippen molar-refractivity contribution in [3.63, 3.8) is 0 Å². The van der Waals surface area contributed by atoms with Crippen molar-refractivity contribution in [2.24, 2.45) is 5.73 Å². The van der Waals surface area contributed by atoms with E-state index in [1.54, 1.807) is 6.20 Å². The molecule has 1 atom stereocenters. The Balaban J connectivity index is 2.23. The molecule has 0 unspecified atom stereocenters. The average Bonchev–Trinajstić information content (AvgIpc) is 2.33. The van der Waals surface area contributed by atoms with Crippen molar-refractivity contribution in [3.05, 3.63) is 53.7 Å². The highest BCUT2D eigenvalue weighted by molar-refractivity contribution is 5.34. The van der Waals surface area contributed by atoms with Gasteiger partial charge in [-0.25, -0.2) is 4.98 Å². The lowest BCUT2D eigenvalue weighted by Gasteiger charge is -2.10. The summed E-state index contributed by atoms with van der Waals surface area (Å²) in [6.45, 7) is 3.91. The maximum atomic E-state index is 5.80. The summed E-state index contributed by atoms with van der Waals surface area (Å²) >= 11 is 0. The average molecular weight is 228 g/mol. The number of rotatable bonds is 3. The van der Waals surface area contributed by atoms with E-state index < -0.39 is 0 Å². The number of ether oxygens (including phenoxy) is 1. The Morgan fingerprint density at radius 2 is 1.94 bits per heavy atom. The quantitative estimate of drug-likeness (QED) is 0.877. The van der Waals surface area contributed by atoms with Gasteiger partial charge in [0, 0.05) is 17.8 Å². The fourth-order valence-electron chi connectivity index (χ4n) is 1.54. The van der Waals surface area contributed by atoms with Gasteiger partial charge in [-0.15, -0.1) is 0 Å². The second-order valence-electron chi connectivity index (χ2n) is 4.09. The third-order valence-electron chi connectivity index (χ3n) is 2.53. The molecular weight excluding hydrogens is 212 g/mol. The first-order chi connectivity index (χ1) is 8.16. The van der Waals surface area contributed by atoms with Gasteiger partial charge in [0.2, 0.25) is 5.88 Å². The topological polar surface area (TPSA) is 48.1 Å². The second kappa shape index (κ2) is 4.97. The van der Waals surface area contributed by atoms with E-state index in [1.807, 2.05) is 50.2 Å². The number of nitrogens with zero attached hydrogens (tertiary/aromatic N) is 1. The maximum absolute atomic E-state index is 5.80. The number of hydrogen-bond donors (Lipinski definition) is 1. The van der Waals surface area contributed by atoms with Crippen molar-refractivity contribution in [2.75, 3.05) is 0 Å². The van der Waals surface area contributed by atoms with Gasteiger partial charge in [0.25, 0.3) is 0 Å². The summed E-state index contributed by atoms with van der Waals surface area (Å²) in [5.41, 5.74) is 7.81. The molecule has 0 aliphatic rings. The van der Waals surface area contributed by atoms with Gasteiger partial charge in [0.1, 0.15) is 5.75 Å². The van der Waals surface area contributed by atoms with Crippen molar-refractivity contribution < 1.29 is 4.74 Å². The molecule has 17 heavy (non-hydrogen) atoms. The first-order valence-electron chi connectivity index (χ1n) is 5.62. The summed E-state index contributed by atoms with van der Waals surface area (Å²) in [4.78, 5) is 4.29. The van der Waals surface area contributed by atoms with E-state index in [-0.39, 0.29) is 6.04 Å². The number of para-hydroxylation sites is 1. The van der Waals surface area contributed by atoms with Crippen molar-refractivity contribution in [1.82, 2.24) is 4.98 Å². The molecule has 1 aromatic carbocycles. The lowest BCUT2D eigenvalue weighted by Crippen LogP contribution is -2.06. The summed E-state index contributed by atoms with van der Waals surface area (Å²) in [5, 5.41) is 0. The Morgan fingerprint density at radius 1 is 1.24 bits per heavy atom. The SMILES string of the molecule is Cc1cc([C@@H](C)N)cnc1Oc1ccccc1. The molecule has 0 amide bonds. The van der Waals surface area contributed by atoms with E-state index in [1.165, 1.54) is 0 Å². The van der Waals surface area contributed by atoms with Gasteiger partial charge < -0.3 is 10.5 Å². The Labute approximate surface area is 101 Å². The van der Waals surface area contributed by atoms with Crippen LogP contribution in [-0.4, -0.2) is 4.98 Å². The van der Waals surface area contributed by atoms with E-state index in [4.69, 9.17) is 10.5 Å². The summed E-state index contributed by atoms with van der Waals surface area (Å²) in [6, 6.07) is 11.6. The third kappa shape index (κ3) is 2.82. The number of aromatic nitrogens is 1. The first-order valence-corrected chi connectivity index (χ1v) is 5.62. The monoisotopic (exact) mass is 228 g/mol. The van der Waals surface area contributed by atoms with Crippen LogP contribution in [0.1, 0.15) is 24.1 Å². The first kappa shape index (κ1) is 11.6. The molecule has 0 aliphatic carbocycles. The zero-order valence-electron chi connectivity index (χ0n) is 10.1. The van der Waals surface area contributed by atoms with E-state index in [2.05, 4.69) is 4.98 Å². The fourth-order valence-corrected chi connectivity index (χ4v) is 1.54. The molecule has 1 heterocycles. The van der Waals surface area contributed by atoms with Crippen LogP contribution in [0.5, 0.6) is 11.6 Å². The smallest absolute Gasteiger partial charge is 0.222 e. The van der Waals surface area contributed by atoms with Crippen LogP contribution < -0.4 is 10.5 Å². The van der Waals surface area contributed by atoms with Gasteiger partial charge in [-0.05, 0) is 37.6 Å². The van der Waals surface area contributed by atoms with Crippen LogP contribution in [0.3, 0.4) is 0 Å². The highest BCUT2D eigenvalue weighted by atomic mass is 16.5.